The summed E-state index contributed by atoms with van der Waals surface area (Å²) in [6.45, 7) is 0. The highest BCUT2D eigenvalue weighted by Gasteiger charge is 2.20. The van der Waals surface area contributed by atoms with Crippen molar-refractivity contribution in [3.8, 4) is 11.3 Å². The van der Waals surface area contributed by atoms with Gasteiger partial charge in [-0.15, -0.1) is 0 Å². The summed E-state index contributed by atoms with van der Waals surface area (Å²) >= 11 is 6.05. The Kier molecular flexibility index (Phi) is 4.41. The number of carbonyl (C=O) groups excluding carboxylic acids is 1. The number of hydrogen-bond donors (Lipinski definition) is 3. The van der Waals surface area contributed by atoms with E-state index in [1.165, 1.54) is 6.07 Å². The van der Waals surface area contributed by atoms with Gasteiger partial charge >= 0.3 is 0 Å². The maximum absolute atomic E-state index is 12.9. The normalized spacial score (nSPS) is 11.1. The second-order valence-electron chi connectivity index (χ2n) is 6.87. The summed E-state index contributed by atoms with van der Waals surface area (Å²) in [4.78, 5) is 45.4. The molecule has 8 nitrogen and oxygen atoms in total. The molecule has 152 valence electrons. The molecule has 0 bridgehead atoms. The number of nitrogens with one attached hydrogen (secondary N) is 3. The number of halogens is 1. The molecule has 0 aliphatic rings. The van der Waals surface area contributed by atoms with Gasteiger partial charge in [0.25, 0.3) is 17.0 Å². The number of hydrogen-bond acceptors (Lipinski definition) is 4. The molecule has 0 aliphatic heterocycles. The van der Waals surface area contributed by atoms with Crippen LogP contribution in [-0.4, -0.2) is 25.5 Å². The lowest BCUT2D eigenvalue weighted by atomic mass is 10.1. The second kappa shape index (κ2) is 7.26. The van der Waals surface area contributed by atoms with Crippen molar-refractivity contribution < 1.29 is 4.79 Å². The van der Waals surface area contributed by atoms with Crippen LogP contribution in [0.5, 0.6) is 0 Å². The van der Waals surface area contributed by atoms with Gasteiger partial charge in [0.1, 0.15) is 11.4 Å². The molecule has 3 aromatic heterocycles. The molecule has 0 aliphatic carbocycles. The molecule has 0 atom stereocenters. The van der Waals surface area contributed by atoms with Gasteiger partial charge in [-0.3, -0.25) is 19.5 Å². The van der Waals surface area contributed by atoms with Gasteiger partial charge in [-0.2, -0.15) is 4.52 Å². The smallest absolute Gasteiger partial charge is 0.279 e. The van der Waals surface area contributed by atoms with Gasteiger partial charge in [-0.05, 0) is 35.9 Å². The van der Waals surface area contributed by atoms with E-state index in [0.717, 1.165) is 9.90 Å². The third-order valence-electron chi connectivity index (χ3n) is 4.84. The summed E-state index contributed by atoms with van der Waals surface area (Å²) in [5, 5.41) is 6.43. The van der Waals surface area contributed by atoms with Gasteiger partial charge in [0, 0.05) is 16.5 Å². The molecule has 0 fully saturated rings. The highest BCUT2D eigenvalue weighted by Crippen LogP contribution is 2.21. The molecule has 2 aromatic carbocycles. The summed E-state index contributed by atoms with van der Waals surface area (Å²) in [6, 6.07) is 19.1. The number of fused-ring (bicyclic) bond motifs is 2. The Morgan fingerprint density at radius 2 is 1.84 bits per heavy atom. The average Bonchev–Trinajstić information content (AvgIpc) is 3.10. The number of pyridine rings is 1. The zero-order valence-corrected chi connectivity index (χ0v) is 16.6. The van der Waals surface area contributed by atoms with E-state index >= 15 is 0 Å². The van der Waals surface area contributed by atoms with Crippen LogP contribution in [0.4, 0.5) is 5.82 Å². The number of carbonyl (C=O) groups is 1. The fourth-order valence-corrected chi connectivity index (χ4v) is 3.59. The van der Waals surface area contributed by atoms with Crippen LogP contribution in [0.1, 0.15) is 10.4 Å². The standard InChI is InChI=1S/C22H14ClN5O3/c23-14-6-3-5-13(10-14)16-11-18(29)28-20(25-16)19(22(31)27-28)21(30)26-17-9-8-12-4-1-2-7-15(12)24-17/h1-11,25H,(H,27,31)(H,24,26,30). The number of nitrogens with zero attached hydrogens (tertiary/aromatic N) is 2. The van der Waals surface area contributed by atoms with Crippen LogP contribution >= 0.6 is 11.6 Å². The third-order valence-corrected chi connectivity index (χ3v) is 5.08. The van der Waals surface area contributed by atoms with Crippen LogP contribution < -0.4 is 16.4 Å². The molecule has 5 aromatic rings. The summed E-state index contributed by atoms with van der Waals surface area (Å²) in [5.74, 6) is -0.402. The molecule has 1 amide bonds. The predicted octanol–water partition coefficient (Wildman–Crippen LogP) is 3.44. The van der Waals surface area contributed by atoms with Gasteiger partial charge < -0.3 is 10.3 Å². The van der Waals surface area contributed by atoms with Crippen molar-refractivity contribution in [2.24, 2.45) is 0 Å². The molecule has 31 heavy (non-hydrogen) atoms. The van der Waals surface area contributed by atoms with Gasteiger partial charge in [0.2, 0.25) is 0 Å². The van der Waals surface area contributed by atoms with Gasteiger partial charge in [-0.25, -0.2) is 4.98 Å². The SMILES string of the molecule is O=C(Nc1ccc2ccccc2n1)c1c(=O)[nH]n2c(=O)cc(-c3cccc(Cl)c3)[nH]c12. The fraction of sp³-hybridized carbons (Fsp3) is 0. The number of aromatic nitrogens is 4. The van der Waals surface area contributed by atoms with E-state index in [9.17, 15) is 14.4 Å². The molecule has 0 radical (unpaired) electrons. The Hall–Kier alpha value is -4.17. The number of rotatable bonds is 3. The van der Waals surface area contributed by atoms with Crippen molar-refractivity contribution >= 4 is 39.9 Å². The molecular weight excluding hydrogens is 418 g/mol. The Labute approximate surface area is 179 Å². The topological polar surface area (TPSA) is 112 Å². The zero-order chi connectivity index (χ0) is 21.5. The van der Waals surface area contributed by atoms with Gasteiger partial charge in [0.05, 0.1) is 11.2 Å². The van der Waals surface area contributed by atoms with Crippen molar-refractivity contribution in [2.75, 3.05) is 5.32 Å². The maximum Gasteiger partial charge on any atom is 0.279 e. The van der Waals surface area contributed by atoms with Crippen molar-refractivity contribution in [1.82, 2.24) is 19.6 Å². The monoisotopic (exact) mass is 431 g/mol. The van der Waals surface area contributed by atoms with E-state index in [1.807, 2.05) is 30.3 Å². The number of benzene rings is 2. The molecule has 5 rings (SSSR count). The Balaban J connectivity index is 1.59. The van der Waals surface area contributed by atoms with Gasteiger partial charge in [0.15, 0.2) is 5.65 Å². The van der Waals surface area contributed by atoms with E-state index in [1.54, 1.807) is 30.3 Å². The molecule has 3 heterocycles. The minimum Gasteiger partial charge on any atom is -0.339 e. The summed E-state index contributed by atoms with van der Waals surface area (Å²) in [6.07, 6.45) is 0. The first kappa shape index (κ1) is 18.8. The van der Waals surface area contributed by atoms with E-state index in [4.69, 9.17) is 11.6 Å². The third kappa shape index (κ3) is 3.38. The second-order valence-corrected chi connectivity index (χ2v) is 7.31. The molecule has 3 N–H and O–H groups in total. The first-order chi connectivity index (χ1) is 15.0. The van der Waals surface area contributed by atoms with Crippen LogP contribution in [0, 0.1) is 0 Å². The number of aromatic amines is 2. The van der Waals surface area contributed by atoms with Crippen molar-refractivity contribution in [3.05, 3.63) is 98.0 Å². The molecular formula is C22H14ClN5O3. The molecule has 0 spiro atoms. The molecule has 0 saturated heterocycles. The Morgan fingerprint density at radius 3 is 2.68 bits per heavy atom. The lowest BCUT2D eigenvalue weighted by Crippen LogP contribution is -2.20. The Morgan fingerprint density at radius 1 is 1.00 bits per heavy atom. The van der Waals surface area contributed by atoms with E-state index in [0.29, 0.717) is 21.8 Å². The molecule has 0 saturated carbocycles. The number of para-hydroxylation sites is 1. The minimum atomic E-state index is -0.699. The van der Waals surface area contributed by atoms with Crippen LogP contribution in [0.3, 0.4) is 0 Å². The lowest BCUT2D eigenvalue weighted by molar-refractivity contribution is 0.102. The largest absolute Gasteiger partial charge is 0.339 e. The summed E-state index contributed by atoms with van der Waals surface area (Å²) in [7, 11) is 0. The molecule has 0 unspecified atom stereocenters. The fourth-order valence-electron chi connectivity index (χ4n) is 3.40. The predicted molar refractivity (Wildman–Crippen MR) is 119 cm³/mol. The van der Waals surface area contributed by atoms with Gasteiger partial charge in [-0.1, -0.05) is 41.9 Å². The number of anilines is 1. The molecule has 9 heteroatoms. The average molecular weight is 432 g/mol. The first-order valence-corrected chi connectivity index (χ1v) is 9.68. The quantitative estimate of drug-likeness (QED) is 0.406. The van der Waals surface area contributed by atoms with Crippen LogP contribution in [0.15, 0.2) is 76.3 Å². The zero-order valence-electron chi connectivity index (χ0n) is 15.8. The van der Waals surface area contributed by atoms with Crippen molar-refractivity contribution in [1.29, 1.82) is 0 Å². The summed E-state index contributed by atoms with van der Waals surface area (Å²) in [5.41, 5.74) is 0.389. The van der Waals surface area contributed by atoms with Crippen LogP contribution in [0.2, 0.25) is 5.02 Å². The van der Waals surface area contributed by atoms with Crippen molar-refractivity contribution in [3.63, 3.8) is 0 Å². The van der Waals surface area contributed by atoms with Crippen molar-refractivity contribution in [2.45, 2.75) is 0 Å². The van der Waals surface area contributed by atoms with Crippen LogP contribution in [-0.2, 0) is 0 Å². The maximum atomic E-state index is 12.9. The highest BCUT2D eigenvalue weighted by molar-refractivity contribution is 6.30. The van der Waals surface area contributed by atoms with Crippen LogP contribution in [0.25, 0.3) is 27.8 Å². The summed E-state index contributed by atoms with van der Waals surface area (Å²) < 4.78 is 0.999. The number of amides is 1. The Bertz CT molecular complexity index is 1600. The highest BCUT2D eigenvalue weighted by atomic mass is 35.5. The lowest BCUT2D eigenvalue weighted by Gasteiger charge is -2.06. The first-order valence-electron chi connectivity index (χ1n) is 9.31. The van der Waals surface area contributed by atoms with E-state index < -0.39 is 17.0 Å². The number of H-pyrrole nitrogens is 2. The minimum absolute atomic E-state index is 0.0470. The van der Waals surface area contributed by atoms with E-state index in [-0.39, 0.29) is 17.0 Å². The van der Waals surface area contributed by atoms with E-state index in [2.05, 4.69) is 20.4 Å².